The Balaban J connectivity index is 2.08. The number of benzene rings is 3. The van der Waals surface area contributed by atoms with Crippen LogP contribution in [-0.2, 0) is 7.05 Å². The second-order valence-corrected chi connectivity index (χ2v) is 5.66. The Labute approximate surface area is 121 Å². The zero-order valence-corrected chi connectivity index (χ0v) is 11.7. The number of H-pyrrole nitrogens is 1. The molecule has 100 valence electrons. The molecule has 0 saturated carbocycles. The molecule has 2 nitrogen and oxygen atoms in total. The number of aryl methyl sites for hydroxylation is 1. The summed E-state index contributed by atoms with van der Waals surface area (Å²) in [7, 11) is 2.14. The standard InChI is InChI=1S/C19H14N2/c1-21-18-9-5-3-7-13(18)15-10-14-12-6-2-4-8-16(12)20-17(14)11-19(15)21/h2-11,20H,1H3. The van der Waals surface area contributed by atoms with Gasteiger partial charge in [0.25, 0.3) is 0 Å². The summed E-state index contributed by atoms with van der Waals surface area (Å²) in [6, 6.07) is 21.7. The molecular formula is C19H14N2. The smallest absolute Gasteiger partial charge is 0.0510 e. The van der Waals surface area contributed by atoms with Crippen LogP contribution in [0.25, 0.3) is 43.6 Å². The first-order valence-electron chi connectivity index (χ1n) is 7.20. The van der Waals surface area contributed by atoms with Gasteiger partial charge in [0.15, 0.2) is 0 Å². The molecule has 5 aromatic rings. The Bertz CT molecular complexity index is 1140. The Morgan fingerprint density at radius 1 is 0.667 bits per heavy atom. The molecule has 0 spiro atoms. The van der Waals surface area contributed by atoms with Gasteiger partial charge in [-0.25, -0.2) is 0 Å². The second-order valence-electron chi connectivity index (χ2n) is 5.66. The van der Waals surface area contributed by atoms with Crippen molar-refractivity contribution in [1.29, 1.82) is 0 Å². The molecule has 0 atom stereocenters. The van der Waals surface area contributed by atoms with Gasteiger partial charge in [-0.05, 0) is 24.3 Å². The lowest BCUT2D eigenvalue weighted by molar-refractivity contribution is 1.01. The van der Waals surface area contributed by atoms with E-state index in [9.17, 15) is 0 Å². The first-order chi connectivity index (χ1) is 10.3. The topological polar surface area (TPSA) is 20.7 Å². The van der Waals surface area contributed by atoms with Gasteiger partial charge in [0.2, 0.25) is 0 Å². The maximum Gasteiger partial charge on any atom is 0.0510 e. The molecule has 21 heavy (non-hydrogen) atoms. The van der Waals surface area contributed by atoms with Gasteiger partial charge >= 0.3 is 0 Å². The molecule has 0 aliphatic carbocycles. The Morgan fingerprint density at radius 3 is 2.33 bits per heavy atom. The molecule has 0 unspecified atom stereocenters. The Kier molecular flexibility index (Phi) is 1.92. The summed E-state index contributed by atoms with van der Waals surface area (Å²) in [6.07, 6.45) is 0. The van der Waals surface area contributed by atoms with Crippen molar-refractivity contribution >= 4 is 43.6 Å². The van der Waals surface area contributed by atoms with E-state index in [0.717, 1.165) is 0 Å². The van der Waals surface area contributed by atoms with E-state index in [1.807, 2.05) is 0 Å². The van der Waals surface area contributed by atoms with Crippen LogP contribution in [0.3, 0.4) is 0 Å². The number of nitrogens with zero attached hydrogens (tertiary/aromatic N) is 1. The number of rotatable bonds is 0. The molecule has 0 bridgehead atoms. The molecule has 2 aromatic heterocycles. The number of nitrogens with one attached hydrogen (secondary N) is 1. The summed E-state index contributed by atoms with van der Waals surface area (Å²) in [5.41, 5.74) is 4.96. The molecule has 5 rings (SSSR count). The quantitative estimate of drug-likeness (QED) is 0.410. The first-order valence-corrected chi connectivity index (χ1v) is 7.20. The zero-order valence-electron chi connectivity index (χ0n) is 11.7. The fourth-order valence-electron chi connectivity index (χ4n) is 3.50. The van der Waals surface area contributed by atoms with E-state index in [2.05, 4.69) is 77.3 Å². The molecule has 0 aliphatic heterocycles. The third-order valence-corrected chi connectivity index (χ3v) is 4.54. The van der Waals surface area contributed by atoms with E-state index < -0.39 is 0 Å². The largest absolute Gasteiger partial charge is 0.354 e. The predicted octanol–water partition coefficient (Wildman–Crippen LogP) is 4.97. The molecule has 3 aromatic carbocycles. The SMILES string of the molecule is Cn1c2ccccc2c2cc3c(cc21)[nH]c1ccccc13. The van der Waals surface area contributed by atoms with E-state index in [0.29, 0.717) is 0 Å². The molecule has 0 radical (unpaired) electrons. The maximum atomic E-state index is 3.53. The van der Waals surface area contributed by atoms with Crippen molar-refractivity contribution in [2.45, 2.75) is 0 Å². The molecule has 0 fully saturated rings. The molecular weight excluding hydrogens is 256 g/mol. The summed E-state index contributed by atoms with van der Waals surface area (Å²) in [5, 5.41) is 5.24. The summed E-state index contributed by atoms with van der Waals surface area (Å²) in [4.78, 5) is 3.53. The minimum Gasteiger partial charge on any atom is -0.354 e. The highest BCUT2D eigenvalue weighted by Crippen LogP contribution is 2.34. The normalized spacial score (nSPS) is 12.0. The predicted molar refractivity (Wildman–Crippen MR) is 89.8 cm³/mol. The second kappa shape index (κ2) is 3.67. The van der Waals surface area contributed by atoms with Crippen molar-refractivity contribution in [2.75, 3.05) is 0 Å². The number of aromatic amines is 1. The van der Waals surface area contributed by atoms with Crippen molar-refractivity contribution < 1.29 is 0 Å². The number of para-hydroxylation sites is 2. The molecule has 2 heteroatoms. The highest BCUT2D eigenvalue weighted by molar-refractivity contribution is 6.17. The van der Waals surface area contributed by atoms with E-state index in [1.165, 1.54) is 43.6 Å². The van der Waals surface area contributed by atoms with Crippen molar-refractivity contribution in [3.8, 4) is 0 Å². The molecule has 0 amide bonds. The van der Waals surface area contributed by atoms with Crippen LogP contribution in [0.5, 0.6) is 0 Å². The van der Waals surface area contributed by atoms with E-state index >= 15 is 0 Å². The number of hydrogen-bond donors (Lipinski definition) is 1. The van der Waals surface area contributed by atoms with E-state index in [-0.39, 0.29) is 0 Å². The van der Waals surface area contributed by atoms with Crippen LogP contribution in [0.4, 0.5) is 0 Å². The van der Waals surface area contributed by atoms with Gasteiger partial charge in [-0.15, -0.1) is 0 Å². The van der Waals surface area contributed by atoms with Crippen LogP contribution in [0.1, 0.15) is 0 Å². The van der Waals surface area contributed by atoms with Gasteiger partial charge in [0.1, 0.15) is 0 Å². The summed E-state index contributed by atoms with van der Waals surface area (Å²) < 4.78 is 2.27. The van der Waals surface area contributed by atoms with Gasteiger partial charge in [-0.1, -0.05) is 36.4 Å². The monoisotopic (exact) mass is 270 g/mol. The Hall–Kier alpha value is -2.74. The van der Waals surface area contributed by atoms with Crippen LogP contribution in [0, 0.1) is 0 Å². The lowest BCUT2D eigenvalue weighted by atomic mass is 10.1. The van der Waals surface area contributed by atoms with Crippen molar-refractivity contribution in [2.24, 2.45) is 7.05 Å². The van der Waals surface area contributed by atoms with Gasteiger partial charge in [0.05, 0.1) is 5.52 Å². The van der Waals surface area contributed by atoms with Gasteiger partial charge in [0, 0.05) is 45.1 Å². The molecule has 2 heterocycles. The summed E-state index contributed by atoms with van der Waals surface area (Å²) >= 11 is 0. The lowest BCUT2D eigenvalue weighted by Crippen LogP contribution is -1.85. The molecule has 0 aliphatic rings. The van der Waals surface area contributed by atoms with E-state index in [1.54, 1.807) is 0 Å². The molecule has 1 N–H and O–H groups in total. The van der Waals surface area contributed by atoms with Crippen molar-refractivity contribution in [1.82, 2.24) is 9.55 Å². The molecule has 0 saturated heterocycles. The van der Waals surface area contributed by atoms with Crippen LogP contribution < -0.4 is 0 Å². The zero-order chi connectivity index (χ0) is 14.0. The summed E-state index contributed by atoms with van der Waals surface area (Å²) in [6.45, 7) is 0. The highest BCUT2D eigenvalue weighted by Gasteiger charge is 2.11. The third kappa shape index (κ3) is 1.32. The van der Waals surface area contributed by atoms with Crippen LogP contribution in [0.2, 0.25) is 0 Å². The maximum absolute atomic E-state index is 3.53. The van der Waals surface area contributed by atoms with Crippen LogP contribution in [0.15, 0.2) is 60.7 Å². The van der Waals surface area contributed by atoms with E-state index in [4.69, 9.17) is 0 Å². The van der Waals surface area contributed by atoms with Crippen LogP contribution in [-0.4, -0.2) is 9.55 Å². The first kappa shape index (κ1) is 11.0. The fraction of sp³-hybridized carbons (Fsp3) is 0.0526. The average molecular weight is 270 g/mol. The van der Waals surface area contributed by atoms with Gasteiger partial charge < -0.3 is 9.55 Å². The van der Waals surface area contributed by atoms with Crippen molar-refractivity contribution in [3.63, 3.8) is 0 Å². The number of hydrogen-bond acceptors (Lipinski definition) is 0. The third-order valence-electron chi connectivity index (χ3n) is 4.54. The van der Waals surface area contributed by atoms with Crippen LogP contribution >= 0.6 is 0 Å². The number of aromatic nitrogens is 2. The minimum absolute atomic E-state index is 1.20. The fourth-order valence-corrected chi connectivity index (χ4v) is 3.50. The minimum atomic E-state index is 1.20. The summed E-state index contributed by atoms with van der Waals surface area (Å²) in [5.74, 6) is 0. The lowest BCUT2D eigenvalue weighted by Gasteiger charge is -1.98. The highest BCUT2D eigenvalue weighted by atomic mass is 14.9. The Morgan fingerprint density at radius 2 is 1.43 bits per heavy atom. The number of fused-ring (bicyclic) bond motifs is 6. The average Bonchev–Trinajstić information content (AvgIpc) is 3.02. The van der Waals surface area contributed by atoms with Gasteiger partial charge in [-0.2, -0.15) is 0 Å². The van der Waals surface area contributed by atoms with Crippen molar-refractivity contribution in [3.05, 3.63) is 60.7 Å². The van der Waals surface area contributed by atoms with Gasteiger partial charge in [-0.3, -0.25) is 0 Å².